The molecule has 0 bridgehead atoms. The summed E-state index contributed by atoms with van der Waals surface area (Å²) in [6, 6.07) is 10.6. The van der Waals surface area contributed by atoms with Crippen LogP contribution in [0.25, 0.3) is 5.69 Å². The van der Waals surface area contributed by atoms with E-state index in [1.807, 2.05) is 29.8 Å². The Hall–Kier alpha value is -1.68. The lowest BCUT2D eigenvalue weighted by molar-refractivity contribution is 0.380. The van der Waals surface area contributed by atoms with Crippen LogP contribution >= 0.6 is 0 Å². The molecule has 1 aliphatic carbocycles. The highest BCUT2D eigenvalue weighted by Gasteiger charge is 2.25. The minimum Gasteiger partial charge on any atom is -0.328 e. The molecule has 0 atom stereocenters. The summed E-state index contributed by atoms with van der Waals surface area (Å²) in [4.78, 5) is 4.65. The minimum absolute atomic E-state index is 0.366. The van der Waals surface area contributed by atoms with E-state index in [1.54, 1.807) is 0 Å². The third-order valence-electron chi connectivity index (χ3n) is 3.88. The van der Waals surface area contributed by atoms with Gasteiger partial charge >= 0.3 is 0 Å². The first-order chi connectivity index (χ1) is 9.24. The summed E-state index contributed by atoms with van der Waals surface area (Å²) < 4.78 is 2.00. The van der Waals surface area contributed by atoms with Gasteiger partial charge in [0.2, 0.25) is 0 Å². The van der Waals surface area contributed by atoms with E-state index < -0.39 is 0 Å². The Balaban J connectivity index is 1.94. The summed E-state index contributed by atoms with van der Waals surface area (Å²) in [6.45, 7) is 1.96. The molecule has 100 valence electrons. The van der Waals surface area contributed by atoms with E-state index in [1.165, 1.54) is 0 Å². The van der Waals surface area contributed by atoms with Gasteiger partial charge in [-0.1, -0.05) is 18.2 Å². The van der Waals surface area contributed by atoms with Crippen molar-refractivity contribution in [3.05, 3.63) is 42.0 Å². The van der Waals surface area contributed by atoms with Crippen molar-refractivity contribution in [3.63, 3.8) is 0 Å². The number of benzene rings is 1. The topological polar surface area (TPSA) is 56.7 Å². The molecule has 1 aromatic heterocycles. The maximum atomic E-state index is 5.99. The Morgan fingerprint density at radius 2 is 1.79 bits per heavy atom. The lowest BCUT2D eigenvalue weighted by atomic mass is 9.86. The molecule has 0 saturated heterocycles. The third kappa shape index (κ3) is 2.54. The zero-order valence-electron chi connectivity index (χ0n) is 11.3. The molecule has 1 heterocycles. The van der Waals surface area contributed by atoms with Gasteiger partial charge in [-0.15, -0.1) is 0 Å². The van der Waals surface area contributed by atoms with E-state index >= 15 is 0 Å². The van der Waals surface area contributed by atoms with E-state index in [9.17, 15) is 0 Å². The van der Waals surface area contributed by atoms with Crippen LogP contribution in [0.3, 0.4) is 0 Å². The largest absolute Gasteiger partial charge is 0.328 e. The molecule has 0 spiro atoms. The van der Waals surface area contributed by atoms with E-state index in [2.05, 4.69) is 22.2 Å². The van der Waals surface area contributed by atoms with Gasteiger partial charge in [-0.25, -0.2) is 9.67 Å². The standard InChI is InChI=1S/C15H20N4/c1-11-17-15(12-7-9-13(16)10-8-12)19(18-11)14-5-3-2-4-6-14/h2-6,12-13H,7-10,16H2,1H3. The Morgan fingerprint density at radius 3 is 2.47 bits per heavy atom. The van der Waals surface area contributed by atoms with E-state index in [0.29, 0.717) is 12.0 Å². The van der Waals surface area contributed by atoms with Crippen molar-refractivity contribution in [3.8, 4) is 5.69 Å². The van der Waals surface area contributed by atoms with Crippen molar-refractivity contribution in [1.29, 1.82) is 0 Å². The Labute approximate surface area is 113 Å². The van der Waals surface area contributed by atoms with Gasteiger partial charge in [0.1, 0.15) is 11.6 Å². The van der Waals surface area contributed by atoms with Crippen LogP contribution < -0.4 is 5.73 Å². The fourth-order valence-electron chi connectivity index (χ4n) is 2.83. The van der Waals surface area contributed by atoms with Gasteiger partial charge in [-0.2, -0.15) is 5.10 Å². The molecule has 2 aromatic rings. The van der Waals surface area contributed by atoms with Crippen LogP contribution in [-0.2, 0) is 0 Å². The van der Waals surface area contributed by atoms with Crippen molar-refractivity contribution in [1.82, 2.24) is 14.8 Å². The van der Waals surface area contributed by atoms with Crippen LogP contribution in [0.4, 0.5) is 0 Å². The normalized spacial score (nSPS) is 23.5. The second-order valence-corrected chi connectivity index (χ2v) is 5.38. The second-order valence-electron chi connectivity index (χ2n) is 5.38. The zero-order chi connectivity index (χ0) is 13.2. The number of rotatable bonds is 2. The molecule has 4 heteroatoms. The van der Waals surface area contributed by atoms with Gasteiger partial charge in [0.15, 0.2) is 0 Å². The highest BCUT2D eigenvalue weighted by Crippen LogP contribution is 2.32. The summed E-state index contributed by atoms with van der Waals surface area (Å²) in [7, 11) is 0. The van der Waals surface area contributed by atoms with E-state index in [4.69, 9.17) is 5.73 Å². The van der Waals surface area contributed by atoms with Crippen molar-refractivity contribution in [2.24, 2.45) is 5.73 Å². The van der Waals surface area contributed by atoms with E-state index in [0.717, 1.165) is 43.0 Å². The number of nitrogens with zero attached hydrogens (tertiary/aromatic N) is 3. The van der Waals surface area contributed by atoms with Gasteiger partial charge in [0, 0.05) is 12.0 Å². The maximum absolute atomic E-state index is 5.99. The highest BCUT2D eigenvalue weighted by molar-refractivity contribution is 5.32. The van der Waals surface area contributed by atoms with Gasteiger partial charge in [0.25, 0.3) is 0 Å². The average Bonchev–Trinajstić information content (AvgIpc) is 2.83. The summed E-state index contributed by atoms with van der Waals surface area (Å²) in [5.74, 6) is 2.42. The molecule has 1 aromatic carbocycles. The van der Waals surface area contributed by atoms with Gasteiger partial charge in [0.05, 0.1) is 5.69 Å². The number of hydrogen-bond acceptors (Lipinski definition) is 3. The molecular weight excluding hydrogens is 236 g/mol. The monoisotopic (exact) mass is 256 g/mol. The molecule has 2 N–H and O–H groups in total. The van der Waals surface area contributed by atoms with Crippen molar-refractivity contribution in [2.45, 2.75) is 44.6 Å². The summed E-state index contributed by atoms with van der Waals surface area (Å²) in [5, 5.41) is 4.55. The first kappa shape index (κ1) is 12.4. The highest BCUT2D eigenvalue weighted by atomic mass is 15.4. The first-order valence-corrected chi connectivity index (χ1v) is 6.98. The average molecular weight is 256 g/mol. The Kier molecular flexibility index (Phi) is 3.34. The predicted molar refractivity (Wildman–Crippen MR) is 75.3 cm³/mol. The van der Waals surface area contributed by atoms with Crippen molar-refractivity contribution < 1.29 is 0 Å². The molecule has 0 aliphatic heterocycles. The lowest BCUT2D eigenvalue weighted by Gasteiger charge is -2.25. The molecule has 4 nitrogen and oxygen atoms in total. The quantitative estimate of drug-likeness (QED) is 0.898. The van der Waals surface area contributed by atoms with Crippen molar-refractivity contribution in [2.75, 3.05) is 0 Å². The van der Waals surface area contributed by atoms with Gasteiger partial charge < -0.3 is 5.73 Å². The van der Waals surface area contributed by atoms with Gasteiger partial charge in [-0.3, -0.25) is 0 Å². The Bertz CT molecular complexity index is 539. The number of aryl methyl sites for hydroxylation is 1. The second kappa shape index (κ2) is 5.13. The molecule has 19 heavy (non-hydrogen) atoms. The molecule has 0 radical (unpaired) electrons. The summed E-state index contributed by atoms with van der Waals surface area (Å²) in [6.07, 6.45) is 4.41. The zero-order valence-corrected chi connectivity index (χ0v) is 11.3. The van der Waals surface area contributed by atoms with Crippen molar-refractivity contribution >= 4 is 0 Å². The van der Waals surface area contributed by atoms with Crippen LogP contribution in [-0.4, -0.2) is 20.8 Å². The molecule has 1 saturated carbocycles. The van der Waals surface area contributed by atoms with Gasteiger partial charge in [-0.05, 0) is 44.7 Å². The lowest BCUT2D eigenvalue weighted by Crippen LogP contribution is -2.26. The first-order valence-electron chi connectivity index (χ1n) is 6.98. The molecule has 1 aliphatic rings. The maximum Gasteiger partial charge on any atom is 0.148 e. The van der Waals surface area contributed by atoms with Crippen LogP contribution in [0.5, 0.6) is 0 Å². The molecule has 3 rings (SSSR count). The number of para-hydroxylation sites is 1. The summed E-state index contributed by atoms with van der Waals surface area (Å²) >= 11 is 0. The third-order valence-corrected chi connectivity index (χ3v) is 3.88. The van der Waals surface area contributed by atoms with Crippen LogP contribution in [0, 0.1) is 6.92 Å². The molecule has 1 fully saturated rings. The SMILES string of the molecule is Cc1nc(C2CCC(N)CC2)n(-c2ccccc2)n1. The van der Waals surface area contributed by atoms with Crippen LogP contribution in [0.2, 0.25) is 0 Å². The smallest absolute Gasteiger partial charge is 0.148 e. The predicted octanol–water partition coefficient (Wildman–Crippen LogP) is 2.56. The number of hydrogen-bond donors (Lipinski definition) is 1. The van der Waals surface area contributed by atoms with E-state index in [-0.39, 0.29) is 0 Å². The molecular formula is C15H20N4. The fourth-order valence-corrected chi connectivity index (χ4v) is 2.83. The van der Waals surface area contributed by atoms with Crippen LogP contribution in [0.1, 0.15) is 43.3 Å². The minimum atomic E-state index is 0.366. The fraction of sp³-hybridized carbons (Fsp3) is 0.467. The molecule has 0 amide bonds. The number of aromatic nitrogens is 3. The summed E-state index contributed by atoms with van der Waals surface area (Å²) in [5.41, 5.74) is 7.08. The number of nitrogens with two attached hydrogens (primary N) is 1. The molecule has 0 unspecified atom stereocenters. The van der Waals surface area contributed by atoms with Crippen LogP contribution in [0.15, 0.2) is 30.3 Å². The Morgan fingerprint density at radius 1 is 1.11 bits per heavy atom.